The highest BCUT2D eigenvalue weighted by atomic mass is 79.9. The third kappa shape index (κ3) is 3.41. The minimum Gasteiger partial charge on any atom is -0.493 e. The summed E-state index contributed by atoms with van der Waals surface area (Å²) in [5.41, 5.74) is 5.51. The number of carbonyl (C=O) groups excluding carboxylic acids is 1. The number of hydrogen-bond donors (Lipinski definition) is 1. The van der Waals surface area contributed by atoms with Gasteiger partial charge in [-0.3, -0.25) is 4.79 Å². The molecule has 0 amide bonds. The van der Waals surface area contributed by atoms with E-state index in [1.165, 1.54) is 0 Å². The molecule has 2 aliphatic rings. The van der Waals surface area contributed by atoms with Crippen molar-refractivity contribution in [3.8, 4) is 11.5 Å². The van der Waals surface area contributed by atoms with Gasteiger partial charge in [0.2, 0.25) is 5.88 Å². The number of nitrogens with one attached hydrogen (secondary N) is 1. The van der Waals surface area contributed by atoms with Crippen LogP contribution in [0.5, 0.6) is 11.5 Å². The molecule has 32 heavy (non-hydrogen) atoms. The molecular weight excluding hydrogens is 472 g/mol. The first kappa shape index (κ1) is 20.8. The summed E-state index contributed by atoms with van der Waals surface area (Å²) in [6.07, 6.45) is 1.13. The summed E-state index contributed by atoms with van der Waals surface area (Å²) in [5.74, 6) is 1.91. The van der Waals surface area contributed by atoms with Crippen molar-refractivity contribution in [3.63, 3.8) is 0 Å². The first-order valence-electron chi connectivity index (χ1n) is 10.5. The van der Waals surface area contributed by atoms with Gasteiger partial charge in [-0.05, 0) is 54.7 Å². The highest BCUT2D eigenvalue weighted by Crippen LogP contribution is 2.49. The number of allylic oxidation sites excluding steroid dienone is 2. The second kappa shape index (κ2) is 8.13. The topological polar surface area (TPSA) is 73.6 Å². The van der Waals surface area contributed by atoms with Gasteiger partial charge in [0.1, 0.15) is 0 Å². The number of hydrogen-bond acceptors (Lipinski definition) is 6. The van der Waals surface area contributed by atoms with Gasteiger partial charge in [0.25, 0.3) is 0 Å². The van der Waals surface area contributed by atoms with Gasteiger partial charge in [-0.2, -0.15) is 0 Å². The van der Waals surface area contributed by atoms with Crippen molar-refractivity contribution in [1.82, 2.24) is 5.16 Å². The normalized spacial score (nSPS) is 19.8. The van der Waals surface area contributed by atoms with Crippen LogP contribution in [0.2, 0.25) is 0 Å². The van der Waals surface area contributed by atoms with Gasteiger partial charge in [-0.15, -0.1) is 0 Å². The number of anilines is 1. The average molecular weight is 495 g/mol. The van der Waals surface area contributed by atoms with Gasteiger partial charge < -0.3 is 19.3 Å². The molecule has 1 aromatic heterocycles. The third-order valence-corrected chi connectivity index (χ3v) is 6.81. The van der Waals surface area contributed by atoms with Crippen molar-refractivity contribution in [3.05, 3.63) is 80.6 Å². The number of ketones is 1. The number of nitrogens with zero attached hydrogens (tertiary/aromatic N) is 1. The molecule has 0 spiro atoms. The van der Waals surface area contributed by atoms with Crippen LogP contribution < -0.4 is 14.8 Å². The minimum atomic E-state index is -0.205. The molecule has 1 aliphatic heterocycles. The molecule has 3 aromatic rings. The highest BCUT2D eigenvalue weighted by Gasteiger charge is 2.41. The first-order valence-corrected chi connectivity index (χ1v) is 11.3. The minimum absolute atomic E-state index is 0.0299. The summed E-state index contributed by atoms with van der Waals surface area (Å²) in [5, 5.41) is 7.56. The van der Waals surface area contributed by atoms with Crippen molar-refractivity contribution in [1.29, 1.82) is 0 Å². The molecule has 1 N–H and O–H groups in total. The Balaban J connectivity index is 1.58. The van der Waals surface area contributed by atoms with Crippen molar-refractivity contribution in [2.45, 2.75) is 31.6 Å². The number of aromatic nitrogens is 1. The number of Topliss-reactive ketones (excluding diaryl/α,β-unsaturated/α-hetero) is 1. The fraction of sp³-hybridized carbons (Fsp3) is 0.280. The van der Waals surface area contributed by atoms with Crippen molar-refractivity contribution in [2.24, 2.45) is 0 Å². The molecular formula is C25H23BrN2O4. The molecule has 0 saturated heterocycles. The van der Waals surface area contributed by atoms with Crippen LogP contribution >= 0.6 is 15.9 Å². The van der Waals surface area contributed by atoms with E-state index >= 15 is 0 Å². The maximum Gasteiger partial charge on any atom is 0.233 e. The molecule has 0 bridgehead atoms. The third-order valence-electron chi connectivity index (χ3n) is 6.32. The Kier molecular flexibility index (Phi) is 5.29. The van der Waals surface area contributed by atoms with Crippen LogP contribution in [0.15, 0.2) is 62.7 Å². The summed E-state index contributed by atoms with van der Waals surface area (Å²) >= 11 is 3.57. The largest absolute Gasteiger partial charge is 0.493 e. The van der Waals surface area contributed by atoms with Crippen LogP contribution in [-0.2, 0) is 4.79 Å². The Bertz CT molecular complexity index is 1250. The van der Waals surface area contributed by atoms with Crippen LogP contribution in [0.25, 0.3) is 0 Å². The fourth-order valence-corrected chi connectivity index (χ4v) is 5.25. The zero-order valence-corrected chi connectivity index (χ0v) is 19.7. The van der Waals surface area contributed by atoms with Gasteiger partial charge in [0.05, 0.1) is 25.5 Å². The molecule has 164 valence electrons. The summed E-state index contributed by atoms with van der Waals surface area (Å²) in [4.78, 5) is 13.6. The van der Waals surface area contributed by atoms with Crippen molar-refractivity contribution < 1.29 is 18.8 Å². The lowest BCUT2D eigenvalue weighted by Gasteiger charge is -2.34. The molecule has 2 aromatic carbocycles. The number of ether oxygens (including phenoxy) is 2. The van der Waals surface area contributed by atoms with E-state index in [0.717, 1.165) is 38.1 Å². The Morgan fingerprint density at radius 3 is 2.62 bits per heavy atom. The van der Waals surface area contributed by atoms with Crippen molar-refractivity contribution >= 4 is 27.6 Å². The Hall–Kier alpha value is -3.06. The van der Waals surface area contributed by atoms with E-state index in [9.17, 15) is 4.79 Å². The average Bonchev–Trinajstić information content (AvgIpc) is 3.17. The SMILES string of the molecule is COc1ccc(C2CC(=O)C3=C(C2)Nc2onc(C)c2C3c2cccc(Br)c2)cc1OC. The lowest BCUT2D eigenvalue weighted by Crippen LogP contribution is -2.29. The molecule has 7 heteroatoms. The van der Waals surface area contributed by atoms with Crippen LogP contribution in [-0.4, -0.2) is 25.2 Å². The predicted molar refractivity (Wildman–Crippen MR) is 124 cm³/mol. The first-order chi connectivity index (χ1) is 15.5. The summed E-state index contributed by atoms with van der Waals surface area (Å²) in [7, 11) is 3.23. The Morgan fingerprint density at radius 2 is 1.88 bits per heavy atom. The maximum absolute atomic E-state index is 13.6. The van der Waals surface area contributed by atoms with Crippen LogP contribution in [0.4, 0.5) is 5.88 Å². The molecule has 5 rings (SSSR count). The zero-order valence-electron chi connectivity index (χ0n) is 18.1. The van der Waals surface area contributed by atoms with E-state index in [4.69, 9.17) is 14.0 Å². The summed E-state index contributed by atoms with van der Waals surface area (Å²) in [6.45, 7) is 1.92. The van der Waals surface area contributed by atoms with Crippen LogP contribution in [0, 0.1) is 6.92 Å². The standard InChI is InChI=1S/C25H23BrN2O4/c1-13-22-23(15-5-4-6-17(26)9-15)24-18(27-25(22)32-28-13)10-16(11-19(24)29)14-7-8-20(30-2)21(12-14)31-3/h4-9,12,16,23,27H,10-11H2,1-3H3. The lowest BCUT2D eigenvalue weighted by molar-refractivity contribution is -0.116. The zero-order chi connectivity index (χ0) is 22.4. The number of methoxy groups -OCH3 is 2. The number of rotatable bonds is 4. The summed E-state index contributed by atoms with van der Waals surface area (Å²) in [6, 6.07) is 13.9. The molecule has 1 aliphatic carbocycles. The summed E-state index contributed by atoms with van der Waals surface area (Å²) < 4.78 is 17.4. The second-order valence-corrected chi connectivity index (χ2v) is 9.07. The van der Waals surface area contributed by atoms with Gasteiger partial charge in [0.15, 0.2) is 17.3 Å². The van der Waals surface area contributed by atoms with Gasteiger partial charge in [-0.1, -0.05) is 39.3 Å². The van der Waals surface area contributed by atoms with E-state index in [-0.39, 0.29) is 17.6 Å². The van der Waals surface area contributed by atoms with Crippen molar-refractivity contribution in [2.75, 3.05) is 19.5 Å². The Labute approximate surface area is 194 Å². The van der Waals surface area contributed by atoms with E-state index in [1.807, 2.05) is 37.3 Å². The second-order valence-electron chi connectivity index (χ2n) is 8.16. The highest BCUT2D eigenvalue weighted by molar-refractivity contribution is 9.10. The number of halogens is 1. The Morgan fingerprint density at radius 1 is 1.06 bits per heavy atom. The van der Waals surface area contributed by atoms with Gasteiger partial charge in [-0.25, -0.2) is 0 Å². The number of benzene rings is 2. The van der Waals surface area contributed by atoms with E-state index in [0.29, 0.717) is 30.2 Å². The quantitative estimate of drug-likeness (QED) is 0.499. The molecule has 2 unspecified atom stereocenters. The molecule has 2 atom stereocenters. The van der Waals surface area contributed by atoms with Crippen LogP contribution in [0.1, 0.15) is 47.1 Å². The van der Waals surface area contributed by atoms with E-state index < -0.39 is 0 Å². The fourth-order valence-electron chi connectivity index (χ4n) is 4.83. The van der Waals surface area contributed by atoms with E-state index in [2.05, 4.69) is 38.5 Å². The van der Waals surface area contributed by atoms with Gasteiger partial charge >= 0.3 is 0 Å². The monoisotopic (exact) mass is 494 g/mol. The smallest absolute Gasteiger partial charge is 0.233 e. The number of fused-ring (bicyclic) bond motifs is 1. The molecule has 2 heterocycles. The molecule has 6 nitrogen and oxygen atoms in total. The lowest BCUT2D eigenvalue weighted by atomic mass is 9.72. The molecule has 0 fully saturated rings. The number of aryl methyl sites for hydroxylation is 1. The molecule has 0 radical (unpaired) electrons. The maximum atomic E-state index is 13.6. The van der Waals surface area contributed by atoms with Crippen LogP contribution in [0.3, 0.4) is 0 Å². The van der Waals surface area contributed by atoms with Gasteiger partial charge in [0, 0.05) is 28.1 Å². The van der Waals surface area contributed by atoms with E-state index in [1.54, 1.807) is 14.2 Å². The number of carbonyl (C=O) groups is 1. The molecule has 0 saturated carbocycles. The predicted octanol–water partition coefficient (Wildman–Crippen LogP) is 5.72.